The fourth-order valence-corrected chi connectivity index (χ4v) is 0.342. The van der Waals surface area contributed by atoms with Crippen molar-refractivity contribution in [3.05, 3.63) is 49.1 Å². The van der Waals surface area contributed by atoms with Gasteiger partial charge in [-0.15, -0.1) is 0 Å². The molecule has 0 saturated heterocycles. The summed E-state index contributed by atoms with van der Waals surface area (Å²) in [5, 5.41) is 0. The van der Waals surface area contributed by atoms with Crippen molar-refractivity contribution in [2.24, 2.45) is 5.92 Å². The fraction of sp³-hybridized carbons (Fsp3) is 0.467. The summed E-state index contributed by atoms with van der Waals surface area (Å²) in [5.41, 5.74) is 0. The normalized spacial score (nSPS) is 6.44. The number of hydrogen-bond acceptors (Lipinski definition) is 0. The van der Waals surface area contributed by atoms with Crippen LogP contribution in [0.4, 0.5) is 0 Å². The Bertz CT molecular complexity index is 141. The summed E-state index contributed by atoms with van der Waals surface area (Å²) in [5.74, 6) is 0.523. The van der Waals surface area contributed by atoms with Crippen LogP contribution in [-0.4, -0.2) is 0 Å². The van der Waals surface area contributed by atoms with Gasteiger partial charge in [-0.3, -0.25) is 6.58 Å². The molecule has 1 rings (SSSR count). The van der Waals surface area contributed by atoms with Crippen molar-refractivity contribution < 1.29 is 21.1 Å². The van der Waals surface area contributed by atoms with Crippen LogP contribution in [0.5, 0.6) is 0 Å². The van der Waals surface area contributed by atoms with Gasteiger partial charge < -0.3 is 6.08 Å². The molecule has 0 nitrogen and oxygen atoms in total. The van der Waals surface area contributed by atoms with Crippen LogP contribution in [0.25, 0.3) is 0 Å². The third-order valence-corrected chi connectivity index (χ3v) is 1.02. The van der Waals surface area contributed by atoms with E-state index in [4.69, 9.17) is 0 Å². The molecule has 92 valence electrons. The third kappa shape index (κ3) is 37.3. The number of hydrogen-bond donors (Lipinski definition) is 0. The molecular formula is C15H26W. The van der Waals surface area contributed by atoms with Gasteiger partial charge in [-0.25, -0.2) is 0 Å². The summed E-state index contributed by atoms with van der Waals surface area (Å²) in [4.78, 5) is 0. The van der Waals surface area contributed by atoms with Crippen molar-refractivity contribution >= 4 is 0 Å². The van der Waals surface area contributed by atoms with E-state index in [1.165, 1.54) is 0 Å². The molecule has 1 aromatic rings. The Morgan fingerprint density at radius 2 is 1.25 bits per heavy atom. The molecule has 0 aliphatic rings. The van der Waals surface area contributed by atoms with E-state index >= 15 is 0 Å². The summed E-state index contributed by atoms with van der Waals surface area (Å²) < 4.78 is 0. The van der Waals surface area contributed by atoms with Gasteiger partial charge in [0.25, 0.3) is 0 Å². The predicted molar refractivity (Wildman–Crippen MR) is 71.7 cm³/mol. The zero-order valence-corrected chi connectivity index (χ0v) is 14.5. The van der Waals surface area contributed by atoms with Crippen molar-refractivity contribution in [1.29, 1.82) is 0 Å². The van der Waals surface area contributed by atoms with E-state index in [2.05, 4.69) is 18.7 Å². The Hall–Kier alpha value is -0.352. The summed E-state index contributed by atoms with van der Waals surface area (Å²) in [6.45, 7) is 15.5. The minimum absolute atomic E-state index is 0. The molecule has 0 aromatic heterocycles. The molecule has 0 atom stereocenters. The number of benzene rings is 1. The van der Waals surface area contributed by atoms with Crippen molar-refractivity contribution in [3.8, 4) is 0 Å². The maximum atomic E-state index is 3.44. The Labute approximate surface area is 117 Å². The van der Waals surface area contributed by atoms with Gasteiger partial charge in [-0.1, -0.05) is 41.5 Å². The zero-order chi connectivity index (χ0) is 12.5. The first kappa shape index (κ1) is 24.7. The molecular weight excluding hydrogens is 364 g/mol. The van der Waals surface area contributed by atoms with E-state index < -0.39 is 0 Å². The monoisotopic (exact) mass is 390 g/mol. The summed E-state index contributed by atoms with van der Waals surface area (Å²) in [7, 11) is 0. The molecule has 1 aromatic carbocycles. The molecule has 0 radical (unpaired) electrons. The molecule has 0 bridgehead atoms. The largest absolute Gasteiger partial charge is 2.00 e. The Morgan fingerprint density at radius 3 is 1.31 bits per heavy atom. The average Bonchev–Trinajstić information content (AvgIpc) is 2.37. The second-order valence-corrected chi connectivity index (χ2v) is 2.44. The summed E-state index contributed by atoms with van der Waals surface area (Å²) in [6.07, 6.45) is 2.78. The molecule has 0 amide bonds. The van der Waals surface area contributed by atoms with E-state index in [0.717, 1.165) is 0 Å². The van der Waals surface area contributed by atoms with Crippen LogP contribution in [0, 0.1) is 18.1 Å². The van der Waals surface area contributed by atoms with E-state index in [9.17, 15) is 0 Å². The maximum absolute atomic E-state index is 3.44. The van der Waals surface area contributed by atoms with Crippen LogP contribution in [0.1, 0.15) is 41.5 Å². The Balaban J connectivity index is -0.0000000664. The van der Waals surface area contributed by atoms with E-state index in [1.54, 1.807) is 0 Å². The van der Waals surface area contributed by atoms with Gasteiger partial charge in [0.1, 0.15) is 0 Å². The number of allylic oxidation sites excluding steroid dienone is 1. The van der Waals surface area contributed by atoms with E-state index in [0.29, 0.717) is 5.92 Å². The van der Waals surface area contributed by atoms with Crippen LogP contribution in [0.2, 0.25) is 0 Å². The molecule has 0 fully saturated rings. The standard InChI is InChI=1S/C6H5.C5H9.2C2H6.W/c1-2-4-6-5-3-1;1-4-5(2)3;2*1-2;/h1-5H;5H,1H2,2-3H3;2*1-2H3;/q2*-1;;;+2. The van der Waals surface area contributed by atoms with Crippen LogP contribution < -0.4 is 0 Å². The van der Waals surface area contributed by atoms with Gasteiger partial charge in [0.2, 0.25) is 0 Å². The Morgan fingerprint density at radius 1 is 0.938 bits per heavy atom. The topological polar surface area (TPSA) is 0 Å². The SMILES string of the molecule is C=[C-]C(C)C.CC.CC.[W+2].[c-]1ccccc1. The van der Waals surface area contributed by atoms with Crippen molar-refractivity contribution in [1.82, 2.24) is 0 Å². The first-order valence-electron chi connectivity index (χ1n) is 5.71. The molecule has 0 saturated carbocycles. The minimum Gasteiger partial charge on any atom is -0.501 e. The van der Waals surface area contributed by atoms with Crippen LogP contribution >= 0.6 is 0 Å². The van der Waals surface area contributed by atoms with Crippen molar-refractivity contribution in [2.45, 2.75) is 41.5 Å². The van der Waals surface area contributed by atoms with E-state index in [-0.39, 0.29) is 21.1 Å². The van der Waals surface area contributed by atoms with E-state index in [1.807, 2.05) is 71.9 Å². The molecule has 0 unspecified atom stereocenters. The van der Waals surface area contributed by atoms with Gasteiger partial charge in [0, 0.05) is 0 Å². The zero-order valence-electron chi connectivity index (χ0n) is 11.6. The predicted octanol–water partition coefficient (Wildman–Crippen LogP) is 5.17. The molecule has 0 aliphatic carbocycles. The van der Waals surface area contributed by atoms with Gasteiger partial charge in [-0.2, -0.15) is 42.3 Å². The van der Waals surface area contributed by atoms with Crippen molar-refractivity contribution in [2.75, 3.05) is 0 Å². The van der Waals surface area contributed by atoms with Crippen molar-refractivity contribution in [3.63, 3.8) is 0 Å². The summed E-state index contributed by atoms with van der Waals surface area (Å²) in [6, 6.07) is 12.5. The maximum Gasteiger partial charge on any atom is 2.00 e. The third-order valence-electron chi connectivity index (χ3n) is 1.02. The quantitative estimate of drug-likeness (QED) is 0.581. The van der Waals surface area contributed by atoms with Gasteiger partial charge in [-0.05, 0) is 0 Å². The van der Waals surface area contributed by atoms with Crippen LogP contribution in [0.15, 0.2) is 36.9 Å². The fourth-order valence-electron chi connectivity index (χ4n) is 0.342. The molecule has 0 heterocycles. The van der Waals surface area contributed by atoms with Crippen LogP contribution in [-0.2, 0) is 21.1 Å². The van der Waals surface area contributed by atoms with Crippen LogP contribution in [0.3, 0.4) is 0 Å². The molecule has 1 heteroatoms. The first-order valence-corrected chi connectivity index (χ1v) is 5.71. The first-order chi connectivity index (χ1) is 7.27. The second kappa shape index (κ2) is 29.3. The summed E-state index contributed by atoms with van der Waals surface area (Å²) >= 11 is 0. The number of rotatable bonds is 1. The van der Waals surface area contributed by atoms with Gasteiger partial charge >= 0.3 is 21.1 Å². The Kier molecular flexibility index (Phi) is 45.3. The molecule has 0 spiro atoms. The van der Waals surface area contributed by atoms with Gasteiger partial charge in [0.15, 0.2) is 0 Å². The minimum atomic E-state index is 0. The molecule has 0 N–H and O–H groups in total. The molecule has 0 aliphatic heterocycles. The average molecular weight is 390 g/mol. The smallest absolute Gasteiger partial charge is 0.501 e. The van der Waals surface area contributed by atoms with Gasteiger partial charge in [0.05, 0.1) is 0 Å². The molecule has 16 heavy (non-hydrogen) atoms. The second-order valence-electron chi connectivity index (χ2n) is 2.44.